The van der Waals surface area contributed by atoms with Crippen LogP contribution < -0.4 is 5.32 Å². The Kier molecular flexibility index (Phi) is 7.64. The van der Waals surface area contributed by atoms with Crippen LogP contribution in [0.4, 0.5) is 10.5 Å². The van der Waals surface area contributed by atoms with Gasteiger partial charge in [-0.3, -0.25) is 5.32 Å². The highest BCUT2D eigenvalue weighted by molar-refractivity contribution is 6.82. The van der Waals surface area contributed by atoms with Crippen LogP contribution in [0.5, 0.6) is 0 Å². The number of carbonyl (C=O) groups is 1. The number of nitrogens with one attached hydrogen (secondary N) is 1. The molecule has 3 rings (SSSR count). The van der Waals surface area contributed by atoms with E-state index in [4.69, 9.17) is 4.74 Å². The SMILES string of the molecule is CC(C)[Si](C(C)C)(C(C)C)n1c2c(c3cc(NC(=O)OC(C)(C)C)ccc31)CC(N(C)C)CC2. The first-order chi connectivity index (χ1) is 15.7. The predicted octanol–water partition coefficient (Wildman–Crippen LogP) is 7.43. The Morgan fingerprint density at radius 3 is 2.18 bits per heavy atom. The van der Waals surface area contributed by atoms with Crippen LogP contribution >= 0.6 is 0 Å². The molecular formula is C28H47N3O2Si. The van der Waals surface area contributed by atoms with Crippen LogP contribution in [0, 0.1) is 0 Å². The highest BCUT2D eigenvalue weighted by Crippen LogP contribution is 2.48. The van der Waals surface area contributed by atoms with Crippen LogP contribution in [-0.2, 0) is 17.6 Å². The van der Waals surface area contributed by atoms with E-state index in [0.717, 1.165) is 18.5 Å². The second-order valence-corrected chi connectivity index (χ2v) is 18.0. The van der Waals surface area contributed by atoms with Crippen LogP contribution in [-0.4, -0.2) is 49.2 Å². The molecule has 0 saturated carbocycles. The molecule has 1 N–H and O–H groups in total. The first-order valence-corrected chi connectivity index (χ1v) is 15.2. The zero-order valence-electron chi connectivity index (χ0n) is 23.4. The topological polar surface area (TPSA) is 46.5 Å². The number of nitrogens with zero attached hydrogens (tertiary/aromatic N) is 2. The van der Waals surface area contributed by atoms with Gasteiger partial charge in [-0.15, -0.1) is 0 Å². The summed E-state index contributed by atoms with van der Waals surface area (Å²) in [5.74, 6) is 0. The number of carbonyl (C=O) groups excluding carboxylic acids is 1. The minimum absolute atomic E-state index is 0.401. The summed E-state index contributed by atoms with van der Waals surface area (Å²) < 4.78 is 8.36. The second kappa shape index (κ2) is 9.69. The third-order valence-corrected chi connectivity index (χ3v) is 14.7. The lowest BCUT2D eigenvalue weighted by molar-refractivity contribution is 0.0636. The monoisotopic (exact) mass is 485 g/mol. The highest BCUT2D eigenvalue weighted by atomic mass is 28.3. The van der Waals surface area contributed by atoms with Gasteiger partial charge in [0.2, 0.25) is 0 Å². The van der Waals surface area contributed by atoms with E-state index in [1.807, 2.05) is 20.8 Å². The maximum atomic E-state index is 12.5. The molecule has 0 radical (unpaired) electrons. The molecule has 0 bridgehead atoms. The number of likely N-dealkylation sites (N-methyl/N-ethyl adjacent to an activating group) is 1. The maximum Gasteiger partial charge on any atom is 0.412 e. The van der Waals surface area contributed by atoms with E-state index in [1.54, 1.807) is 5.69 Å². The van der Waals surface area contributed by atoms with Gasteiger partial charge < -0.3 is 13.9 Å². The Morgan fingerprint density at radius 2 is 1.68 bits per heavy atom. The largest absolute Gasteiger partial charge is 0.444 e. The summed E-state index contributed by atoms with van der Waals surface area (Å²) in [5, 5.41) is 4.28. The molecule has 6 heteroatoms. The van der Waals surface area contributed by atoms with Crippen molar-refractivity contribution in [2.75, 3.05) is 19.4 Å². The molecule has 0 fully saturated rings. The summed E-state index contributed by atoms with van der Waals surface area (Å²) in [7, 11) is 2.45. The fraction of sp³-hybridized carbons (Fsp3) is 0.679. The Morgan fingerprint density at radius 1 is 1.09 bits per heavy atom. The molecule has 1 aromatic heterocycles. The van der Waals surface area contributed by atoms with Crippen LogP contribution in [0.15, 0.2) is 18.2 Å². The molecule has 1 amide bonds. The molecule has 5 nitrogen and oxygen atoms in total. The molecule has 34 heavy (non-hydrogen) atoms. The zero-order chi connectivity index (χ0) is 25.6. The van der Waals surface area contributed by atoms with Gasteiger partial charge in [-0.25, -0.2) is 4.79 Å². The molecule has 1 heterocycles. The van der Waals surface area contributed by atoms with Gasteiger partial charge in [0, 0.05) is 28.3 Å². The number of hydrogen-bond acceptors (Lipinski definition) is 3. The van der Waals surface area contributed by atoms with E-state index in [9.17, 15) is 4.79 Å². The van der Waals surface area contributed by atoms with Crippen molar-refractivity contribution in [1.29, 1.82) is 0 Å². The number of hydrogen-bond donors (Lipinski definition) is 1. The lowest BCUT2D eigenvalue weighted by atomic mass is 9.91. The average molecular weight is 486 g/mol. The van der Waals surface area contributed by atoms with E-state index >= 15 is 0 Å². The number of benzene rings is 1. The summed E-state index contributed by atoms with van der Waals surface area (Å²) in [5.41, 5.74) is 6.53. The van der Waals surface area contributed by atoms with E-state index in [1.165, 1.54) is 22.9 Å². The third-order valence-electron chi connectivity index (χ3n) is 7.87. The first-order valence-electron chi connectivity index (χ1n) is 13.0. The van der Waals surface area contributed by atoms with Gasteiger partial charge >= 0.3 is 6.09 Å². The molecule has 190 valence electrons. The van der Waals surface area contributed by atoms with Gasteiger partial charge in [0.1, 0.15) is 5.60 Å². The second-order valence-electron chi connectivity index (χ2n) is 12.3. The summed E-state index contributed by atoms with van der Waals surface area (Å²) >= 11 is 0. The van der Waals surface area contributed by atoms with Gasteiger partial charge in [-0.05, 0) is 94.5 Å². The summed E-state index contributed by atoms with van der Waals surface area (Å²) in [4.78, 5) is 14.9. The van der Waals surface area contributed by atoms with Crippen LogP contribution in [0.3, 0.4) is 0 Å². The van der Waals surface area contributed by atoms with E-state index in [0.29, 0.717) is 22.7 Å². The first kappa shape index (κ1) is 26.8. The minimum Gasteiger partial charge on any atom is -0.444 e. The summed E-state index contributed by atoms with van der Waals surface area (Å²) in [6.45, 7) is 20.3. The van der Waals surface area contributed by atoms with Gasteiger partial charge in [0.15, 0.2) is 8.24 Å². The van der Waals surface area contributed by atoms with E-state index < -0.39 is 19.9 Å². The molecule has 0 aliphatic heterocycles. The minimum atomic E-state index is -1.93. The third kappa shape index (κ3) is 4.81. The molecular weight excluding hydrogens is 438 g/mol. The van der Waals surface area contributed by atoms with Crippen molar-refractivity contribution in [2.24, 2.45) is 0 Å². The lowest BCUT2D eigenvalue weighted by Gasteiger charge is -2.46. The van der Waals surface area contributed by atoms with Crippen molar-refractivity contribution in [1.82, 2.24) is 9.13 Å². The van der Waals surface area contributed by atoms with Gasteiger partial charge in [0.05, 0.1) is 0 Å². The quantitative estimate of drug-likeness (QED) is 0.433. The molecule has 1 aliphatic rings. The molecule has 0 saturated heterocycles. The number of fused-ring (bicyclic) bond motifs is 3. The number of ether oxygens (including phenoxy) is 1. The van der Waals surface area contributed by atoms with Gasteiger partial charge in [-0.2, -0.15) is 0 Å². The molecule has 1 aliphatic carbocycles. The van der Waals surface area contributed by atoms with Crippen molar-refractivity contribution >= 4 is 30.9 Å². The van der Waals surface area contributed by atoms with Crippen LogP contribution in [0.2, 0.25) is 16.6 Å². The molecule has 2 aromatic rings. The van der Waals surface area contributed by atoms with Crippen molar-refractivity contribution in [3.05, 3.63) is 29.5 Å². The number of anilines is 1. The molecule has 1 atom stereocenters. The summed E-state index contributed by atoms with van der Waals surface area (Å²) in [6, 6.07) is 7.03. The normalized spacial score (nSPS) is 17.2. The van der Waals surface area contributed by atoms with Crippen molar-refractivity contribution in [2.45, 2.75) is 110 Å². The number of rotatable bonds is 6. The number of aromatic nitrogens is 1. The fourth-order valence-electron chi connectivity index (χ4n) is 6.70. The van der Waals surface area contributed by atoms with E-state index in [-0.39, 0.29) is 0 Å². The zero-order valence-corrected chi connectivity index (χ0v) is 24.4. The average Bonchev–Trinajstić information content (AvgIpc) is 2.99. The maximum absolute atomic E-state index is 12.5. The number of amides is 1. The van der Waals surface area contributed by atoms with Gasteiger partial charge in [0.25, 0.3) is 0 Å². The summed E-state index contributed by atoms with van der Waals surface area (Å²) in [6.07, 6.45) is 2.96. The molecule has 1 aromatic carbocycles. The fourth-order valence-corrected chi connectivity index (χ4v) is 13.6. The lowest BCUT2D eigenvalue weighted by Crippen LogP contribution is -2.53. The molecule has 1 unspecified atom stereocenters. The smallest absolute Gasteiger partial charge is 0.412 e. The van der Waals surface area contributed by atoms with Gasteiger partial charge in [-0.1, -0.05) is 41.5 Å². The Hall–Kier alpha value is -1.79. The van der Waals surface area contributed by atoms with Crippen LogP contribution in [0.25, 0.3) is 10.9 Å². The van der Waals surface area contributed by atoms with Crippen molar-refractivity contribution in [3.8, 4) is 0 Å². The Bertz CT molecular complexity index is 1010. The van der Waals surface area contributed by atoms with Crippen molar-refractivity contribution < 1.29 is 9.53 Å². The molecule has 0 spiro atoms. The Balaban J connectivity index is 2.24. The highest BCUT2D eigenvalue weighted by Gasteiger charge is 2.48. The van der Waals surface area contributed by atoms with Crippen LogP contribution in [0.1, 0.15) is 80.0 Å². The predicted molar refractivity (Wildman–Crippen MR) is 148 cm³/mol. The standard InChI is InChI=1S/C28H47N3O2Si/c1-18(2)34(19(3)4,20(5)6)31-25-14-12-21(29-27(32)33-28(7,8)9)16-23(25)24-17-22(30(10)11)13-15-26(24)31/h12,14,16,18-20,22H,13,15,17H2,1-11H3,(H,29,32). The Labute approximate surface area is 208 Å². The van der Waals surface area contributed by atoms with E-state index in [2.05, 4.69) is 88.3 Å². The van der Waals surface area contributed by atoms with Crippen molar-refractivity contribution in [3.63, 3.8) is 0 Å².